The molecule has 100 valence electrons. The molecule has 2 unspecified atom stereocenters. The van der Waals surface area contributed by atoms with E-state index in [2.05, 4.69) is 48.1 Å². The first-order chi connectivity index (χ1) is 9.20. The van der Waals surface area contributed by atoms with Gasteiger partial charge in [-0.1, -0.05) is 48.5 Å². The summed E-state index contributed by atoms with van der Waals surface area (Å²) in [5.41, 5.74) is 8.79. The van der Waals surface area contributed by atoms with E-state index in [4.69, 9.17) is 5.73 Å². The maximum atomic E-state index is 6.28. The summed E-state index contributed by atoms with van der Waals surface area (Å²) in [7, 11) is 0. The van der Waals surface area contributed by atoms with Crippen molar-refractivity contribution in [3.05, 3.63) is 54.0 Å². The van der Waals surface area contributed by atoms with Gasteiger partial charge in [-0.2, -0.15) is 0 Å². The smallest absolute Gasteiger partial charge is 0.115 e. The molecule has 0 fully saturated rings. The van der Waals surface area contributed by atoms with Crippen LogP contribution in [0.25, 0.3) is 0 Å². The van der Waals surface area contributed by atoms with Crippen LogP contribution in [0, 0.1) is 6.92 Å². The van der Waals surface area contributed by atoms with E-state index in [0.717, 1.165) is 11.4 Å². The van der Waals surface area contributed by atoms with Crippen LogP contribution in [0.2, 0.25) is 0 Å². The van der Waals surface area contributed by atoms with Crippen LogP contribution in [-0.4, -0.2) is 16.0 Å². The number of hydrogen-bond acceptors (Lipinski definition) is 4. The highest BCUT2D eigenvalue weighted by molar-refractivity contribution is 7.99. The quantitative estimate of drug-likeness (QED) is 0.849. The zero-order valence-electron chi connectivity index (χ0n) is 11.3. The van der Waals surface area contributed by atoms with E-state index in [1.807, 2.05) is 0 Å². The average molecular weight is 273 g/mol. The standard InChI is InChI=1S/C15H19N3S/c1-3-13(16)15(12-6-4-5-11(2)9-12)19-14-10-17-7-8-18-14/h4-10,13,15H,3,16H2,1-2H3. The zero-order valence-corrected chi connectivity index (χ0v) is 12.1. The van der Waals surface area contributed by atoms with Gasteiger partial charge in [0.2, 0.25) is 0 Å². The lowest BCUT2D eigenvalue weighted by molar-refractivity contribution is 0.633. The molecule has 3 nitrogen and oxygen atoms in total. The summed E-state index contributed by atoms with van der Waals surface area (Å²) < 4.78 is 0. The van der Waals surface area contributed by atoms with Crippen molar-refractivity contribution in [3.8, 4) is 0 Å². The summed E-state index contributed by atoms with van der Waals surface area (Å²) >= 11 is 1.68. The second-order valence-corrected chi connectivity index (χ2v) is 5.73. The van der Waals surface area contributed by atoms with E-state index in [0.29, 0.717) is 0 Å². The summed E-state index contributed by atoms with van der Waals surface area (Å²) in [5, 5.41) is 1.12. The van der Waals surface area contributed by atoms with Crippen molar-refractivity contribution < 1.29 is 0 Å². The van der Waals surface area contributed by atoms with E-state index in [1.165, 1.54) is 11.1 Å². The molecule has 0 saturated carbocycles. The predicted molar refractivity (Wildman–Crippen MR) is 80.1 cm³/mol. The molecule has 1 aromatic carbocycles. The van der Waals surface area contributed by atoms with Crippen LogP contribution in [0.4, 0.5) is 0 Å². The molecule has 1 heterocycles. The number of nitrogens with zero attached hydrogens (tertiary/aromatic N) is 2. The Bertz CT molecular complexity index is 516. The Morgan fingerprint density at radius 1 is 1.32 bits per heavy atom. The molecule has 2 rings (SSSR count). The van der Waals surface area contributed by atoms with Gasteiger partial charge in [0.05, 0.1) is 11.4 Å². The highest BCUT2D eigenvalue weighted by atomic mass is 32.2. The van der Waals surface area contributed by atoms with Gasteiger partial charge in [-0.05, 0) is 18.9 Å². The normalized spacial score (nSPS) is 14.1. The fraction of sp³-hybridized carbons (Fsp3) is 0.333. The minimum absolute atomic E-state index is 0.105. The van der Waals surface area contributed by atoms with Crippen molar-refractivity contribution in [3.63, 3.8) is 0 Å². The number of aryl methyl sites for hydroxylation is 1. The Balaban J connectivity index is 2.26. The molecular formula is C15H19N3S. The molecule has 0 aliphatic rings. The first-order valence-corrected chi connectivity index (χ1v) is 7.33. The Hall–Kier alpha value is -1.39. The molecule has 2 aromatic rings. The molecule has 2 atom stereocenters. The van der Waals surface area contributed by atoms with Gasteiger partial charge in [0.25, 0.3) is 0 Å². The molecule has 4 heteroatoms. The molecule has 0 bridgehead atoms. The van der Waals surface area contributed by atoms with Gasteiger partial charge in [0, 0.05) is 18.4 Å². The molecule has 0 amide bonds. The molecule has 0 aliphatic heterocycles. The topological polar surface area (TPSA) is 51.8 Å². The number of nitrogens with two attached hydrogens (primary N) is 1. The number of thioether (sulfide) groups is 1. The number of aromatic nitrogens is 2. The first kappa shape index (κ1) is 14.0. The number of benzene rings is 1. The Morgan fingerprint density at radius 3 is 2.79 bits per heavy atom. The van der Waals surface area contributed by atoms with Crippen LogP contribution >= 0.6 is 11.8 Å². The zero-order chi connectivity index (χ0) is 13.7. The second-order valence-electron chi connectivity index (χ2n) is 4.57. The lowest BCUT2D eigenvalue weighted by Crippen LogP contribution is -2.25. The molecule has 0 aliphatic carbocycles. The molecule has 0 spiro atoms. The number of hydrogen-bond donors (Lipinski definition) is 1. The third-order valence-electron chi connectivity index (χ3n) is 3.02. The SMILES string of the molecule is CCC(N)C(Sc1cnccn1)c1cccc(C)c1. The van der Waals surface area contributed by atoms with Crippen molar-refractivity contribution in [1.29, 1.82) is 0 Å². The summed E-state index contributed by atoms with van der Waals surface area (Å²) in [5.74, 6) is 0. The third-order valence-corrected chi connectivity index (χ3v) is 4.35. The van der Waals surface area contributed by atoms with Crippen LogP contribution in [0.15, 0.2) is 47.9 Å². The van der Waals surface area contributed by atoms with Crippen LogP contribution < -0.4 is 5.73 Å². The molecule has 1 aromatic heterocycles. The van der Waals surface area contributed by atoms with Crippen molar-refractivity contribution in [2.75, 3.05) is 0 Å². The second kappa shape index (κ2) is 6.68. The van der Waals surface area contributed by atoms with E-state index in [-0.39, 0.29) is 11.3 Å². The van der Waals surface area contributed by atoms with Gasteiger partial charge in [0.1, 0.15) is 5.03 Å². The van der Waals surface area contributed by atoms with Crippen molar-refractivity contribution in [2.45, 2.75) is 36.6 Å². The van der Waals surface area contributed by atoms with E-state index >= 15 is 0 Å². The van der Waals surface area contributed by atoms with Crippen LogP contribution in [0.3, 0.4) is 0 Å². The van der Waals surface area contributed by atoms with Gasteiger partial charge >= 0.3 is 0 Å². The summed E-state index contributed by atoms with van der Waals surface area (Å²) in [4.78, 5) is 8.44. The van der Waals surface area contributed by atoms with Crippen molar-refractivity contribution in [1.82, 2.24) is 9.97 Å². The maximum absolute atomic E-state index is 6.28. The molecule has 2 N–H and O–H groups in total. The average Bonchev–Trinajstić information content (AvgIpc) is 2.45. The van der Waals surface area contributed by atoms with Crippen molar-refractivity contribution in [2.24, 2.45) is 5.73 Å². The summed E-state index contributed by atoms with van der Waals surface area (Å²) in [6.45, 7) is 4.22. The van der Waals surface area contributed by atoms with E-state index < -0.39 is 0 Å². The van der Waals surface area contributed by atoms with Crippen LogP contribution in [-0.2, 0) is 0 Å². The lowest BCUT2D eigenvalue weighted by Gasteiger charge is -2.22. The van der Waals surface area contributed by atoms with Gasteiger partial charge in [-0.3, -0.25) is 4.98 Å². The van der Waals surface area contributed by atoms with E-state index in [9.17, 15) is 0 Å². The van der Waals surface area contributed by atoms with Crippen molar-refractivity contribution >= 4 is 11.8 Å². The Kier molecular flexibility index (Phi) is 4.93. The summed E-state index contributed by atoms with van der Waals surface area (Å²) in [6.07, 6.45) is 6.13. The molecular weight excluding hydrogens is 254 g/mol. The van der Waals surface area contributed by atoms with E-state index in [1.54, 1.807) is 30.4 Å². The minimum Gasteiger partial charge on any atom is -0.326 e. The van der Waals surface area contributed by atoms with Gasteiger partial charge in [-0.25, -0.2) is 4.98 Å². The fourth-order valence-corrected chi connectivity index (χ4v) is 3.09. The van der Waals surface area contributed by atoms with Gasteiger partial charge < -0.3 is 5.73 Å². The first-order valence-electron chi connectivity index (χ1n) is 6.45. The molecule has 0 saturated heterocycles. The van der Waals surface area contributed by atoms with Gasteiger partial charge in [-0.15, -0.1) is 0 Å². The Labute approximate surface area is 118 Å². The Morgan fingerprint density at radius 2 is 2.16 bits per heavy atom. The minimum atomic E-state index is 0.105. The van der Waals surface area contributed by atoms with Crippen LogP contribution in [0.5, 0.6) is 0 Å². The number of rotatable bonds is 5. The fourth-order valence-electron chi connectivity index (χ4n) is 1.94. The molecule has 0 radical (unpaired) electrons. The largest absolute Gasteiger partial charge is 0.326 e. The highest BCUT2D eigenvalue weighted by Gasteiger charge is 2.20. The van der Waals surface area contributed by atoms with Gasteiger partial charge in [0.15, 0.2) is 0 Å². The predicted octanol–water partition coefficient (Wildman–Crippen LogP) is 3.36. The third kappa shape index (κ3) is 3.78. The highest BCUT2D eigenvalue weighted by Crippen LogP contribution is 2.36. The molecule has 19 heavy (non-hydrogen) atoms. The van der Waals surface area contributed by atoms with Crippen LogP contribution in [0.1, 0.15) is 29.7 Å². The lowest BCUT2D eigenvalue weighted by atomic mass is 10.0. The summed E-state index contributed by atoms with van der Waals surface area (Å²) in [6, 6.07) is 8.62. The monoisotopic (exact) mass is 273 g/mol. The maximum Gasteiger partial charge on any atom is 0.115 e.